The maximum Gasteiger partial charge on any atom is 0.324 e. The SMILES string of the molecule is C=CCN/C=C(\C=O)[N+](=O)[O-]. The molecule has 0 amide bonds. The first-order valence-electron chi connectivity index (χ1n) is 2.86. The highest BCUT2D eigenvalue weighted by atomic mass is 16.6. The molecular formula is C6H8N2O3. The summed E-state index contributed by atoms with van der Waals surface area (Å²) in [5.41, 5.74) is -0.494. The lowest BCUT2D eigenvalue weighted by Crippen LogP contribution is -2.09. The Morgan fingerprint density at radius 1 is 1.73 bits per heavy atom. The van der Waals surface area contributed by atoms with Gasteiger partial charge in [-0.1, -0.05) is 6.08 Å². The van der Waals surface area contributed by atoms with Crippen LogP contribution < -0.4 is 5.32 Å². The van der Waals surface area contributed by atoms with Crippen molar-refractivity contribution in [2.24, 2.45) is 0 Å². The van der Waals surface area contributed by atoms with Crippen LogP contribution in [0.3, 0.4) is 0 Å². The molecule has 0 aliphatic rings. The highest BCUT2D eigenvalue weighted by Crippen LogP contribution is 1.86. The number of allylic oxidation sites excluding steroid dienone is 1. The second-order valence-electron chi connectivity index (χ2n) is 1.64. The number of hydrogen-bond acceptors (Lipinski definition) is 4. The van der Waals surface area contributed by atoms with Gasteiger partial charge < -0.3 is 5.32 Å². The van der Waals surface area contributed by atoms with Crippen LogP contribution in [-0.2, 0) is 4.79 Å². The van der Waals surface area contributed by atoms with Crippen LogP contribution in [0.4, 0.5) is 0 Å². The molecule has 0 spiro atoms. The minimum absolute atomic E-state index is 0.177. The number of nitro groups is 1. The molecule has 0 heterocycles. The smallest absolute Gasteiger partial charge is 0.324 e. The average Bonchev–Trinajstić information content (AvgIpc) is 1.97. The van der Waals surface area contributed by atoms with Crippen molar-refractivity contribution in [2.75, 3.05) is 6.54 Å². The molecule has 5 nitrogen and oxygen atoms in total. The highest BCUT2D eigenvalue weighted by Gasteiger charge is 2.05. The van der Waals surface area contributed by atoms with E-state index in [9.17, 15) is 14.9 Å². The van der Waals surface area contributed by atoms with Gasteiger partial charge in [-0.05, 0) is 0 Å². The van der Waals surface area contributed by atoms with Crippen LogP contribution in [0.25, 0.3) is 0 Å². The standard InChI is InChI=1S/C6H8N2O3/c1-2-3-7-4-6(5-9)8(10)11/h2,4-5,7H,1,3H2/b6-4+. The van der Waals surface area contributed by atoms with Crippen LogP contribution in [-0.4, -0.2) is 17.8 Å². The van der Waals surface area contributed by atoms with Crippen LogP contribution in [0.2, 0.25) is 0 Å². The van der Waals surface area contributed by atoms with Crippen molar-refractivity contribution < 1.29 is 9.72 Å². The summed E-state index contributed by atoms with van der Waals surface area (Å²) < 4.78 is 0. The first-order valence-corrected chi connectivity index (χ1v) is 2.86. The van der Waals surface area contributed by atoms with Crippen LogP contribution in [0.15, 0.2) is 24.6 Å². The molecular weight excluding hydrogens is 148 g/mol. The molecule has 0 unspecified atom stereocenters. The second kappa shape index (κ2) is 5.16. The van der Waals surface area contributed by atoms with E-state index < -0.39 is 10.6 Å². The third-order valence-electron chi connectivity index (χ3n) is 0.844. The summed E-state index contributed by atoms with van der Waals surface area (Å²) in [6.45, 7) is 3.77. The van der Waals surface area contributed by atoms with E-state index in [0.29, 0.717) is 6.54 Å². The first kappa shape index (κ1) is 9.35. The molecule has 0 aromatic heterocycles. The van der Waals surface area contributed by atoms with Crippen molar-refractivity contribution in [2.45, 2.75) is 0 Å². The van der Waals surface area contributed by atoms with Crippen LogP contribution in [0.5, 0.6) is 0 Å². The number of aldehydes is 1. The van der Waals surface area contributed by atoms with E-state index in [1.54, 1.807) is 0 Å². The van der Waals surface area contributed by atoms with E-state index in [1.807, 2.05) is 0 Å². The van der Waals surface area contributed by atoms with Crippen molar-refractivity contribution in [3.8, 4) is 0 Å². The number of nitrogens with zero attached hydrogens (tertiary/aromatic N) is 1. The van der Waals surface area contributed by atoms with Gasteiger partial charge >= 0.3 is 5.70 Å². The molecule has 60 valence electrons. The minimum Gasteiger partial charge on any atom is -0.382 e. The summed E-state index contributed by atoms with van der Waals surface area (Å²) in [6, 6.07) is 0. The number of carbonyl (C=O) groups excluding carboxylic acids is 1. The molecule has 0 fully saturated rings. The van der Waals surface area contributed by atoms with E-state index in [2.05, 4.69) is 11.9 Å². The topological polar surface area (TPSA) is 72.2 Å². The second-order valence-corrected chi connectivity index (χ2v) is 1.64. The predicted molar refractivity (Wildman–Crippen MR) is 39.3 cm³/mol. The summed E-state index contributed by atoms with van der Waals surface area (Å²) in [5, 5.41) is 12.5. The molecule has 11 heavy (non-hydrogen) atoms. The molecule has 5 heteroatoms. The molecule has 0 rings (SSSR count). The van der Waals surface area contributed by atoms with Gasteiger partial charge in [0.2, 0.25) is 6.29 Å². The maximum absolute atomic E-state index is 9.96. The Kier molecular flexibility index (Phi) is 4.39. The van der Waals surface area contributed by atoms with E-state index >= 15 is 0 Å². The van der Waals surface area contributed by atoms with Gasteiger partial charge in [0.05, 0.1) is 11.1 Å². The zero-order chi connectivity index (χ0) is 8.69. The molecule has 1 N–H and O–H groups in total. The monoisotopic (exact) mass is 156 g/mol. The molecule has 0 radical (unpaired) electrons. The fraction of sp³-hybridized carbons (Fsp3) is 0.167. The van der Waals surface area contributed by atoms with E-state index in [-0.39, 0.29) is 6.29 Å². The van der Waals surface area contributed by atoms with Crippen molar-refractivity contribution in [1.82, 2.24) is 5.32 Å². The van der Waals surface area contributed by atoms with Gasteiger partial charge in [-0.3, -0.25) is 14.9 Å². The summed E-state index contributed by atoms with van der Waals surface area (Å²) in [6.07, 6.45) is 2.74. The fourth-order valence-electron chi connectivity index (χ4n) is 0.377. The van der Waals surface area contributed by atoms with Gasteiger partial charge in [-0.2, -0.15) is 0 Å². The Hall–Kier alpha value is -1.65. The van der Waals surface area contributed by atoms with Crippen LogP contribution in [0, 0.1) is 10.1 Å². The van der Waals surface area contributed by atoms with Crippen LogP contribution >= 0.6 is 0 Å². The molecule has 0 saturated heterocycles. The first-order chi connectivity index (χ1) is 5.22. The molecule has 0 saturated carbocycles. The lowest BCUT2D eigenvalue weighted by Gasteiger charge is -1.91. The van der Waals surface area contributed by atoms with E-state index in [1.165, 1.54) is 6.08 Å². The van der Waals surface area contributed by atoms with E-state index in [0.717, 1.165) is 6.20 Å². The summed E-state index contributed by atoms with van der Waals surface area (Å²) in [7, 11) is 0. The average molecular weight is 156 g/mol. The maximum atomic E-state index is 9.96. The largest absolute Gasteiger partial charge is 0.382 e. The summed E-state index contributed by atoms with van der Waals surface area (Å²) in [5.74, 6) is 0. The Morgan fingerprint density at radius 3 is 2.73 bits per heavy atom. The lowest BCUT2D eigenvalue weighted by atomic mass is 10.5. The Balaban J connectivity index is 4.01. The third kappa shape index (κ3) is 3.85. The van der Waals surface area contributed by atoms with Gasteiger partial charge in [-0.15, -0.1) is 6.58 Å². The third-order valence-corrected chi connectivity index (χ3v) is 0.844. The van der Waals surface area contributed by atoms with Gasteiger partial charge in [0.25, 0.3) is 0 Å². The quantitative estimate of drug-likeness (QED) is 0.153. The van der Waals surface area contributed by atoms with Crippen LogP contribution in [0.1, 0.15) is 0 Å². The van der Waals surface area contributed by atoms with Gasteiger partial charge in [0.1, 0.15) is 0 Å². The Bertz CT molecular complexity index is 198. The Morgan fingerprint density at radius 2 is 2.36 bits per heavy atom. The molecule has 0 aliphatic heterocycles. The van der Waals surface area contributed by atoms with Crippen molar-refractivity contribution in [3.05, 3.63) is 34.7 Å². The normalized spacial score (nSPS) is 10.4. The predicted octanol–water partition coefficient (Wildman–Crippen LogP) is 0.0790. The highest BCUT2D eigenvalue weighted by molar-refractivity contribution is 5.69. The fourth-order valence-corrected chi connectivity index (χ4v) is 0.377. The van der Waals surface area contributed by atoms with Gasteiger partial charge in [0.15, 0.2) is 0 Å². The van der Waals surface area contributed by atoms with Crippen molar-refractivity contribution in [3.63, 3.8) is 0 Å². The molecule has 0 bridgehead atoms. The zero-order valence-electron chi connectivity index (χ0n) is 5.82. The number of carbonyl (C=O) groups is 1. The number of rotatable bonds is 5. The van der Waals surface area contributed by atoms with E-state index in [4.69, 9.17) is 0 Å². The molecule has 0 aliphatic carbocycles. The molecule has 0 atom stereocenters. The zero-order valence-corrected chi connectivity index (χ0v) is 5.82. The van der Waals surface area contributed by atoms with Crippen molar-refractivity contribution >= 4 is 6.29 Å². The lowest BCUT2D eigenvalue weighted by molar-refractivity contribution is -0.417. The van der Waals surface area contributed by atoms with Gasteiger partial charge in [-0.25, -0.2) is 0 Å². The minimum atomic E-state index is -0.761. The van der Waals surface area contributed by atoms with Crippen molar-refractivity contribution in [1.29, 1.82) is 0 Å². The number of hydrogen-bond donors (Lipinski definition) is 1. The molecule has 0 aromatic rings. The summed E-state index contributed by atoms with van der Waals surface area (Å²) >= 11 is 0. The molecule has 0 aromatic carbocycles. The Labute approximate surface area is 63.5 Å². The summed E-state index contributed by atoms with van der Waals surface area (Å²) in [4.78, 5) is 19.2. The van der Waals surface area contributed by atoms with Gasteiger partial charge in [0, 0.05) is 6.54 Å². The number of nitrogens with one attached hydrogen (secondary N) is 1.